The van der Waals surface area contributed by atoms with Crippen LogP contribution in [-0.2, 0) is 0 Å². The van der Waals surface area contributed by atoms with Crippen LogP contribution in [0, 0.1) is 5.92 Å². The standard InChI is InChI=1S/C14H18O/c15-11-14(12-7-3-1-4-8-12)13-9-5-2-6-10-13/h1,3-4,7-8,11,13,15H,2,5-6,9-10H2/b14-11+. The van der Waals surface area contributed by atoms with E-state index < -0.39 is 0 Å². The Labute approximate surface area is 91.4 Å². The molecule has 0 aliphatic heterocycles. The molecule has 1 aliphatic carbocycles. The Kier molecular flexibility index (Phi) is 3.44. The summed E-state index contributed by atoms with van der Waals surface area (Å²) < 4.78 is 0. The normalized spacial score (nSPS) is 19.1. The molecule has 1 nitrogen and oxygen atoms in total. The molecule has 1 saturated carbocycles. The number of aliphatic hydroxyl groups excluding tert-OH is 1. The first-order chi connectivity index (χ1) is 7.42. The van der Waals surface area contributed by atoms with Crippen LogP contribution in [0.4, 0.5) is 0 Å². The molecule has 0 saturated heterocycles. The van der Waals surface area contributed by atoms with E-state index in [0.717, 1.165) is 5.57 Å². The Hall–Kier alpha value is -1.24. The fourth-order valence-corrected chi connectivity index (χ4v) is 2.46. The van der Waals surface area contributed by atoms with E-state index >= 15 is 0 Å². The van der Waals surface area contributed by atoms with Gasteiger partial charge in [-0.15, -0.1) is 0 Å². The summed E-state index contributed by atoms with van der Waals surface area (Å²) in [5.41, 5.74) is 2.29. The van der Waals surface area contributed by atoms with Crippen molar-refractivity contribution in [1.29, 1.82) is 0 Å². The average molecular weight is 202 g/mol. The lowest BCUT2D eigenvalue weighted by Gasteiger charge is -2.23. The largest absolute Gasteiger partial charge is 0.515 e. The monoisotopic (exact) mass is 202 g/mol. The average Bonchev–Trinajstić information content (AvgIpc) is 2.33. The summed E-state index contributed by atoms with van der Waals surface area (Å²) in [4.78, 5) is 0. The predicted octanol–water partition coefficient (Wildman–Crippen LogP) is 4.17. The highest BCUT2D eigenvalue weighted by molar-refractivity contribution is 5.66. The SMILES string of the molecule is O/C=C(\c1ccccc1)C1CCCCC1. The highest BCUT2D eigenvalue weighted by Crippen LogP contribution is 2.34. The smallest absolute Gasteiger partial charge is 0.0832 e. The molecule has 1 aliphatic rings. The van der Waals surface area contributed by atoms with Crippen molar-refractivity contribution in [2.24, 2.45) is 5.92 Å². The Bertz CT molecular complexity index is 320. The number of benzene rings is 1. The molecule has 1 fully saturated rings. The molecule has 0 spiro atoms. The molecule has 0 unspecified atom stereocenters. The molecule has 0 amide bonds. The lowest BCUT2D eigenvalue weighted by Crippen LogP contribution is -2.08. The Morgan fingerprint density at radius 1 is 1.07 bits per heavy atom. The molecule has 0 atom stereocenters. The Morgan fingerprint density at radius 3 is 2.33 bits per heavy atom. The summed E-state index contributed by atoms with van der Waals surface area (Å²) in [6.45, 7) is 0. The van der Waals surface area contributed by atoms with Gasteiger partial charge in [-0.3, -0.25) is 0 Å². The van der Waals surface area contributed by atoms with Crippen LogP contribution in [0.3, 0.4) is 0 Å². The van der Waals surface area contributed by atoms with E-state index in [1.807, 2.05) is 18.2 Å². The summed E-state index contributed by atoms with van der Waals surface area (Å²) >= 11 is 0. The van der Waals surface area contributed by atoms with Crippen LogP contribution >= 0.6 is 0 Å². The molecule has 1 N–H and O–H groups in total. The molecule has 1 heteroatoms. The molecular weight excluding hydrogens is 184 g/mol. The highest BCUT2D eigenvalue weighted by atomic mass is 16.2. The van der Waals surface area contributed by atoms with E-state index in [9.17, 15) is 5.11 Å². The maximum absolute atomic E-state index is 9.37. The zero-order chi connectivity index (χ0) is 10.5. The maximum atomic E-state index is 9.37. The van der Waals surface area contributed by atoms with Crippen LogP contribution in [-0.4, -0.2) is 5.11 Å². The second-order valence-corrected chi connectivity index (χ2v) is 4.29. The number of hydrogen-bond acceptors (Lipinski definition) is 1. The summed E-state index contributed by atoms with van der Waals surface area (Å²) in [5.74, 6) is 0.561. The third-order valence-electron chi connectivity index (χ3n) is 3.29. The number of rotatable bonds is 2. The molecule has 0 heterocycles. The van der Waals surface area contributed by atoms with Crippen molar-refractivity contribution in [2.45, 2.75) is 32.1 Å². The lowest BCUT2D eigenvalue weighted by molar-refractivity contribution is 0.414. The predicted molar refractivity (Wildman–Crippen MR) is 63.6 cm³/mol. The molecule has 0 aromatic heterocycles. The van der Waals surface area contributed by atoms with E-state index in [4.69, 9.17) is 0 Å². The van der Waals surface area contributed by atoms with E-state index in [1.165, 1.54) is 43.9 Å². The van der Waals surface area contributed by atoms with E-state index in [0.29, 0.717) is 5.92 Å². The zero-order valence-electron chi connectivity index (χ0n) is 9.02. The Balaban J connectivity index is 2.17. The molecular formula is C14H18O. The third-order valence-corrected chi connectivity index (χ3v) is 3.29. The van der Waals surface area contributed by atoms with Crippen molar-refractivity contribution >= 4 is 5.57 Å². The van der Waals surface area contributed by atoms with Gasteiger partial charge in [0.2, 0.25) is 0 Å². The third kappa shape index (κ3) is 2.41. The van der Waals surface area contributed by atoms with Crippen LogP contribution < -0.4 is 0 Å². The fourth-order valence-electron chi connectivity index (χ4n) is 2.46. The van der Waals surface area contributed by atoms with Crippen LogP contribution in [0.1, 0.15) is 37.7 Å². The first-order valence-electron chi connectivity index (χ1n) is 5.81. The molecule has 1 aromatic carbocycles. The van der Waals surface area contributed by atoms with Crippen LogP contribution in [0.2, 0.25) is 0 Å². The van der Waals surface area contributed by atoms with Gasteiger partial charge in [0.15, 0.2) is 0 Å². The van der Waals surface area contributed by atoms with Crippen LogP contribution in [0.25, 0.3) is 5.57 Å². The quantitative estimate of drug-likeness (QED) is 0.714. The summed E-state index contributed by atoms with van der Waals surface area (Å²) in [6.07, 6.45) is 7.71. The first-order valence-corrected chi connectivity index (χ1v) is 5.81. The number of allylic oxidation sites excluding steroid dienone is 1. The molecule has 0 radical (unpaired) electrons. The van der Waals surface area contributed by atoms with Gasteiger partial charge in [-0.05, 0) is 29.9 Å². The minimum absolute atomic E-state index is 0.561. The van der Waals surface area contributed by atoms with Gasteiger partial charge in [0, 0.05) is 0 Å². The molecule has 0 bridgehead atoms. The van der Waals surface area contributed by atoms with E-state index in [-0.39, 0.29) is 0 Å². The summed E-state index contributed by atoms with van der Waals surface area (Å²) in [7, 11) is 0. The summed E-state index contributed by atoms with van der Waals surface area (Å²) in [5, 5.41) is 9.37. The fraction of sp³-hybridized carbons (Fsp3) is 0.429. The number of hydrogen-bond donors (Lipinski definition) is 1. The lowest BCUT2D eigenvalue weighted by atomic mass is 9.81. The molecule has 80 valence electrons. The molecule has 2 rings (SSSR count). The van der Waals surface area contributed by atoms with Crippen LogP contribution in [0.5, 0.6) is 0 Å². The van der Waals surface area contributed by atoms with Gasteiger partial charge >= 0.3 is 0 Å². The molecule has 15 heavy (non-hydrogen) atoms. The topological polar surface area (TPSA) is 20.2 Å². The van der Waals surface area contributed by atoms with Crippen molar-refractivity contribution in [3.63, 3.8) is 0 Å². The Morgan fingerprint density at radius 2 is 1.73 bits per heavy atom. The number of aliphatic hydroxyl groups is 1. The van der Waals surface area contributed by atoms with Gasteiger partial charge in [0.1, 0.15) is 0 Å². The van der Waals surface area contributed by atoms with Gasteiger partial charge in [0.05, 0.1) is 6.26 Å². The second-order valence-electron chi connectivity index (χ2n) is 4.29. The van der Waals surface area contributed by atoms with Crippen molar-refractivity contribution in [3.05, 3.63) is 42.2 Å². The van der Waals surface area contributed by atoms with Gasteiger partial charge in [-0.2, -0.15) is 0 Å². The van der Waals surface area contributed by atoms with Gasteiger partial charge in [-0.1, -0.05) is 49.6 Å². The van der Waals surface area contributed by atoms with Crippen molar-refractivity contribution < 1.29 is 5.11 Å². The van der Waals surface area contributed by atoms with Gasteiger partial charge in [-0.25, -0.2) is 0 Å². The van der Waals surface area contributed by atoms with E-state index in [2.05, 4.69) is 12.1 Å². The molecule has 1 aromatic rings. The van der Waals surface area contributed by atoms with Crippen molar-refractivity contribution in [3.8, 4) is 0 Å². The maximum Gasteiger partial charge on any atom is 0.0832 e. The first kappa shape index (κ1) is 10.3. The van der Waals surface area contributed by atoms with Crippen molar-refractivity contribution in [1.82, 2.24) is 0 Å². The zero-order valence-corrected chi connectivity index (χ0v) is 9.02. The van der Waals surface area contributed by atoms with Crippen molar-refractivity contribution in [2.75, 3.05) is 0 Å². The highest BCUT2D eigenvalue weighted by Gasteiger charge is 2.18. The van der Waals surface area contributed by atoms with Gasteiger partial charge in [0.25, 0.3) is 0 Å². The van der Waals surface area contributed by atoms with E-state index in [1.54, 1.807) is 0 Å². The van der Waals surface area contributed by atoms with Crippen LogP contribution in [0.15, 0.2) is 36.6 Å². The van der Waals surface area contributed by atoms with Gasteiger partial charge < -0.3 is 5.11 Å². The second kappa shape index (κ2) is 5.01. The minimum Gasteiger partial charge on any atom is -0.515 e. The summed E-state index contributed by atoms with van der Waals surface area (Å²) in [6, 6.07) is 10.2. The minimum atomic E-state index is 0.561.